The molecule has 3 aromatic rings. The average Bonchev–Trinajstić information content (AvgIpc) is 2.90. The predicted octanol–water partition coefficient (Wildman–Crippen LogP) is 6.21. The minimum atomic E-state index is -0.213. The van der Waals surface area contributed by atoms with E-state index in [1.54, 1.807) is 11.8 Å². The molecular formula is C30H33NO4. The zero-order chi connectivity index (χ0) is 25.0. The Morgan fingerprint density at radius 2 is 1.46 bits per heavy atom. The molecule has 0 bridgehead atoms. The highest BCUT2D eigenvalue weighted by atomic mass is 16.5. The van der Waals surface area contributed by atoms with E-state index in [1.165, 1.54) is 0 Å². The van der Waals surface area contributed by atoms with E-state index in [0.29, 0.717) is 38.6 Å². The number of nitrogens with zero attached hydrogens (tertiary/aromatic N) is 1. The number of hydrogen-bond acceptors (Lipinski definition) is 4. The Kier molecular flexibility index (Phi) is 9.79. The number of esters is 1. The Bertz CT molecular complexity index is 1120. The number of amides is 1. The van der Waals surface area contributed by atoms with Crippen LogP contribution < -0.4 is 0 Å². The number of ether oxygens (including phenoxy) is 1. The second kappa shape index (κ2) is 13.2. The number of rotatable bonds is 12. The van der Waals surface area contributed by atoms with Gasteiger partial charge in [-0.15, -0.1) is 0 Å². The van der Waals surface area contributed by atoms with Crippen molar-refractivity contribution in [1.29, 1.82) is 0 Å². The van der Waals surface area contributed by atoms with Crippen molar-refractivity contribution in [3.63, 3.8) is 0 Å². The molecule has 3 rings (SSSR count). The summed E-state index contributed by atoms with van der Waals surface area (Å²) in [5.74, 6) is -0.0233. The van der Waals surface area contributed by atoms with Crippen LogP contribution in [0.25, 0.3) is 11.1 Å². The summed E-state index contributed by atoms with van der Waals surface area (Å²) in [4.78, 5) is 38.1. The van der Waals surface area contributed by atoms with Gasteiger partial charge < -0.3 is 9.64 Å². The Labute approximate surface area is 207 Å². The molecule has 182 valence electrons. The van der Waals surface area contributed by atoms with Crippen molar-refractivity contribution in [1.82, 2.24) is 4.90 Å². The van der Waals surface area contributed by atoms with Gasteiger partial charge in [0, 0.05) is 38.4 Å². The molecule has 0 fully saturated rings. The summed E-state index contributed by atoms with van der Waals surface area (Å²) in [5, 5.41) is 0. The normalized spacial score (nSPS) is 10.6. The van der Waals surface area contributed by atoms with E-state index >= 15 is 0 Å². The fourth-order valence-electron chi connectivity index (χ4n) is 3.85. The van der Waals surface area contributed by atoms with Gasteiger partial charge in [-0.25, -0.2) is 0 Å². The zero-order valence-electron chi connectivity index (χ0n) is 20.5. The van der Waals surface area contributed by atoms with E-state index in [1.807, 2.05) is 79.8 Å². The van der Waals surface area contributed by atoms with Crippen LogP contribution in [0.4, 0.5) is 0 Å². The van der Waals surface area contributed by atoms with E-state index in [-0.39, 0.29) is 24.3 Å². The van der Waals surface area contributed by atoms with Crippen LogP contribution in [-0.2, 0) is 27.5 Å². The Morgan fingerprint density at radius 3 is 2.17 bits per heavy atom. The van der Waals surface area contributed by atoms with Crippen LogP contribution in [0.2, 0.25) is 0 Å². The molecule has 0 aliphatic heterocycles. The minimum absolute atomic E-state index is 0.0695. The van der Waals surface area contributed by atoms with Crippen LogP contribution in [0.15, 0.2) is 78.9 Å². The highest BCUT2D eigenvalue weighted by molar-refractivity contribution is 5.95. The van der Waals surface area contributed by atoms with Crippen molar-refractivity contribution in [2.75, 3.05) is 7.05 Å². The summed E-state index contributed by atoms with van der Waals surface area (Å²) in [7, 11) is 1.82. The molecule has 0 atom stereocenters. The first-order valence-corrected chi connectivity index (χ1v) is 12.1. The summed E-state index contributed by atoms with van der Waals surface area (Å²) in [6.07, 6.45) is 2.63. The van der Waals surface area contributed by atoms with Gasteiger partial charge in [-0.2, -0.15) is 0 Å². The Morgan fingerprint density at radius 1 is 0.800 bits per heavy atom. The fraction of sp³-hybridized carbons (Fsp3) is 0.300. The highest BCUT2D eigenvalue weighted by Crippen LogP contribution is 2.25. The largest absolute Gasteiger partial charge is 0.461 e. The summed E-state index contributed by atoms with van der Waals surface area (Å²) in [5.41, 5.74) is 4.84. The van der Waals surface area contributed by atoms with Gasteiger partial charge in [0.2, 0.25) is 5.91 Å². The monoisotopic (exact) mass is 471 g/mol. The first-order valence-electron chi connectivity index (χ1n) is 12.1. The van der Waals surface area contributed by atoms with Crippen LogP contribution in [-0.4, -0.2) is 29.6 Å². The van der Waals surface area contributed by atoms with Crippen LogP contribution >= 0.6 is 0 Å². The molecule has 0 aliphatic rings. The first kappa shape index (κ1) is 25.9. The first-order chi connectivity index (χ1) is 17.0. The van der Waals surface area contributed by atoms with Crippen molar-refractivity contribution in [2.24, 2.45) is 0 Å². The van der Waals surface area contributed by atoms with Crippen molar-refractivity contribution in [3.05, 3.63) is 95.6 Å². The topological polar surface area (TPSA) is 63.7 Å². The maximum absolute atomic E-state index is 12.7. The van der Waals surface area contributed by atoms with Gasteiger partial charge in [-0.05, 0) is 35.1 Å². The number of hydrogen-bond donors (Lipinski definition) is 0. The van der Waals surface area contributed by atoms with Gasteiger partial charge >= 0.3 is 5.97 Å². The molecule has 0 heterocycles. The average molecular weight is 472 g/mol. The molecule has 0 aliphatic carbocycles. The molecule has 0 saturated carbocycles. The van der Waals surface area contributed by atoms with E-state index in [2.05, 4.69) is 6.07 Å². The number of carbonyl (C=O) groups is 3. The second-order valence-electron chi connectivity index (χ2n) is 8.61. The lowest BCUT2D eigenvalue weighted by atomic mass is 9.98. The summed E-state index contributed by atoms with van der Waals surface area (Å²) in [6.45, 7) is 2.55. The maximum Gasteiger partial charge on any atom is 0.305 e. The molecule has 3 aromatic carbocycles. The summed E-state index contributed by atoms with van der Waals surface area (Å²) < 4.78 is 5.20. The molecule has 0 saturated heterocycles. The molecule has 1 amide bonds. The highest BCUT2D eigenvalue weighted by Gasteiger charge is 2.13. The molecule has 0 N–H and O–H groups in total. The van der Waals surface area contributed by atoms with Crippen molar-refractivity contribution in [3.8, 4) is 11.1 Å². The molecule has 0 spiro atoms. The zero-order valence-corrected chi connectivity index (χ0v) is 20.5. The van der Waals surface area contributed by atoms with Crippen LogP contribution in [0, 0.1) is 0 Å². The lowest BCUT2D eigenvalue weighted by Crippen LogP contribution is -2.26. The SMILES string of the molecule is CCC(=O)OCc1ccc(-c2ccccc2CN(C)C(=O)CCCCC(=O)c2ccccc2)cc1. The van der Waals surface area contributed by atoms with Gasteiger partial charge in [0.25, 0.3) is 0 Å². The number of unbranched alkanes of at least 4 members (excludes halogenated alkanes) is 1. The van der Waals surface area contributed by atoms with Crippen molar-refractivity contribution >= 4 is 17.7 Å². The van der Waals surface area contributed by atoms with E-state index < -0.39 is 0 Å². The van der Waals surface area contributed by atoms with Gasteiger partial charge in [-0.3, -0.25) is 14.4 Å². The van der Waals surface area contributed by atoms with Crippen LogP contribution in [0.5, 0.6) is 0 Å². The van der Waals surface area contributed by atoms with Crippen LogP contribution in [0.1, 0.15) is 60.5 Å². The molecule has 0 unspecified atom stereocenters. The Balaban J connectivity index is 1.52. The molecule has 0 radical (unpaired) electrons. The third-order valence-electron chi connectivity index (χ3n) is 5.94. The molecular weight excluding hydrogens is 438 g/mol. The fourth-order valence-corrected chi connectivity index (χ4v) is 3.85. The third-order valence-corrected chi connectivity index (χ3v) is 5.94. The second-order valence-corrected chi connectivity index (χ2v) is 8.61. The van der Waals surface area contributed by atoms with Gasteiger partial charge in [0.15, 0.2) is 5.78 Å². The van der Waals surface area contributed by atoms with Crippen molar-refractivity contribution in [2.45, 2.75) is 52.2 Å². The van der Waals surface area contributed by atoms with E-state index in [9.17, 15) is 14.4 Å². The molecule has 5 nitrogen and oxygen atoms in total. The van der Waals surface area contributed by atoms with Crippen LogP contribution in [0.3, 0.4) is 0 Å². The predicted molar refractivity (Wildman–Crippen MR) is 138 cm³/mol. The molecule has 5 heteroatoms. The number of benzene rings is 3. The van der Waals surface area contributed by atoms with E-state index in [4.69, 9.17) is 4.74 Å². The molecule has 0 aromatic heterocycles. The lowest BCUT2D eigenvalue weighted by molar-refractivity contribution is -0.144. The summed E-state index contributed by atoms with van der Waals surface area (Å²) >= 11 is 0. The van der Waals surface area contributed by atoms with Gasteiger partial charge in [0.1, 0.15) is 6.61 Å². The van der Waals surface area contributed by atoms with Gasteiger partial charge in [0.05, 0.1) is 0 Å². The number of Topliss-reactive ketones (excluding diaryl/α,β-unsaturated/α-hetero) is 1. The lowest BCUT2D eigenvalue weighted by Gasteiger charge is -2.19. The smallest absolute Gasteiger partial charge is 0.305 e. The Hall–Kier alpha value is -3.73. The quantitative estimate of drug-likeness (QED) is 0.179. The van der Waals surface area contributed by atoms with Gasteiger partial charge in [-0.1, -0.05) is 85.8 Å². The standard InChI is InChI=1S/C30H33NO4/c1-3-30(34)35-22-23-17-19-24(20-18-23)27-14-8-7-13-26(27)21-31(2)29(33)16-10-9-15-28(32)25-11-5-4-6-12-25/h4-8,11-14,17-20H,3,9-10,15-16,21-22H2,1-2H3. The van der Waals surface area contributed by atoms with E-state index in [0.717, 1.165) is 27.8 Å². The number of carbonyl (C=O) groups excluding carboxylic acids is 3. The minimum Gasteiger partial charge on any atom is -0.461 e. The molecule has 35 heavy (non-hydrogen) atoms. The maximum atomic E-state index is 12.7. The summed E-state index contributed by atoms with van der Waals surface area (Å²) in [6, 6.07) is 25.3. The third kappa shape index (κ3) is 7.92. The van der Waals surface area contributed by atoms with Crippen molar-refractivity contribution < 1.29 is 19.1 Å². The number of ketones is 1.